The molecule has 1 aromatic rings. The van der Waals surface area contributed by atoms with Crippen LogP contribution in [0.25, 0.3) is 0 Å². The van der Waals surface area contributed by atoms with Crippen LogP contribution in [0.15, 0.2) is 29.3 Å². The second-order valence-corrected chi connectivity index (χ2v) is 6.24. The molecule has 1 fully saturated rings. The zero-order valence-electron chi connectivity index (χ0n) is 15.0. The van der Waals surface area contributed by atoms with Gasteiger partial charge in [0.1, 0.15) is 0 Å². The predicted molar refractivity (Wildman–Crippen MR) is 113 cm³/mol. The third kappa shape index (κ3) is 7.25. The van der Waals surface area contributed by atoms with Crippen LogP contribution in [0.3, 0.4) is 0 Å². The van der Waals surface area contributed by atoms with Gasteiger partial charge in [-0.2, -0.15) is 0 Å². The van der Waals surface area contributed by atoms with E-state index in [0.717, 1.165) is 45.4 Å². The van der Waals surface area contributed by atoms with Gasteiger partial charge in [0.25, 0.3) is 0 Å². The SMILES string of the molecule is CCNC(=NCc1ccc(N2CCOCC2)cc1)NCC(C)C.I. The Balaban J connectivity index is 0.00000288. The Hall–Kier alpha value is -1.02. The van der Waals surface area contributed by atoms with Crippen molar-refractivity contribution in [2.24, 2.45) is 10.9 Å². The van der Waals surface area contributed by atoms with Crippen LogP contribution in [-0.4, -0.2) is 45.4 Å². The fourth-order valence-electron chi connectivity index (χ4n) is 2.45. The summed E-state index contributed by atoms with van der Waals surface area (Å²) in [6.45, 7) is 12.6. The Labute approximate surface area is 163 Å². The van der Waals surface area contributed by atoms with Crippen molar-refractivity contribution in [2.45, 2.75) is 27.3 Å². The first-order chi connectivity index (χ1) is 11.2. The van der Waals surface area contributed by atoms with Crippen molar-refractivity contribution >= 4 is 35.6 Å². The summed E-state index contributed by atoms with van der Waals surface area (Å²) in [7, 11) is 0. The van der Waals surface area contributed by atoms with Crippen LogP contribution >= 0.6 is 24.0 Å². The third-order valence-electron chi connectivity index (χ3n) is 3.75. The Morgan fingerprint density at radius 3 is 2.42 bits per heavy atom. The highest BCUT2D eigenvalue weighted by Crippen LogP contribution is 2.17. The second-order valence-electron chi connectivity index (χ2n) is 6.24. The maximum Gasteiger partial charge on any atom is 0.191 e. The van der Waals surface area contributed by atoms with E-state index in [-0.39, 0.29) is 24.0 Å². The topological polar surface area (TPSA) is 48.9 Å². The van der Waals surface area contributed by atoms with Gasteiger partial charge in [-0.25, -0.2) is 4.99 Å². The minimum absolute atomic E-state index is 0. The van der Waals surface area contributed by atoms with Gasteiger partial charge in [-0.3, -0.25) is 0 Å². The number of nitrogens with zero attached hydrogens (tertiary/aromatic N) is 2. The van der Waals surface area contributed by atoms with Crippen molar-refractivity contribution in [3.63, 3.8) is 0 Å². The fraction of sp³-hybridized carbons (Fsp3) is 0.611. The Kier molecular flexibility index (Phi) is 10.1. The molecule has 0 aromatic heterocycles. The minimum atomic E-state index is 0. The van der Waals surface area contributed by atoms with Crippen molar-refractivity contribution in [2.75, 3.05) is 44.3 Å². The van der Waals surface area contributed by atoms with E-state index in [1.807, 2.05) is 0 Å². The molecule has 1 aromatic carbocycles. The van der Waals surface area contributed by atoms with E-state index >= 15 is 0 Å². The summed E-state index contributed by atoms with van der Waals surface area (Å²) < 4.78 is 5.40. The molecule has 0 saturated carbocycles. The fourth-order valence-corrected chi connectivity index (χ4v) is 2.45. The lowest BCUT2D eigenvalue weighted by Crippen LogP contribution is -2.39. The van der Waals surface area contributed by atoms with Crippen LogP contribution in [0.4, 0.5) is 5.69 Å². The Bertz CT molecular complexity index is 484. The summed E-state index contributed by atoms with van der Waals surface area (Å²) in [4.78, 5) is 7.02. The largest absolute Gasteiger partial charge is 0.378 e. The lowest BCUT2D eigenvalue weighted by Gasteiger charge is -2.28. The number of hydrogen-bond donors (Lipinski definition) is 2. The van der Waals surface area contributed by atoms with Crippen molar-refractivity contribution in [1.29, 1.82) is 0 Å². The number of aliphatic imine (C=N–C) groups is 1. The van der Waals surface area contributed by atoms with Crippen LogP contribution in [0.2, 0.25) is 0 Å². The highest BCUT2D eigenvalue weighted by atomic mass is 127. The van der Waals surface area contributed by atoms with E-state index in [4.69, 9.17) is 4.74 Å². The van der Waals surface area contributed by atoms with Crippen LogP contribution in [-0.2, 0) is 11.3 Å². The molecule has 0 bridgehead atoms. The van der Waals surface area contributed by atoms with Crippen molar-refractivity contribution in [1.82, 2.24) is 10.6 Å². The third-order valence-corrected chi connectivity index (χ3v) is 3.75. The zero-order valence-corrected chi connectivity index (χ0v) is 17.4. The van der Waals surface area contributed by atoms with Crippen LogP contribution < -0.4 is 15.5 Å². The highest BCUT2D eigenvalue weighted by Gasteiger charge is 2.10. The molecule has 0 radical (unpaired) electrons. The minimum Gasteiger partial charge on any atom is -0.378 e. The summed E-state index contributed by atoms with van der Waals surface area (Å²) in [5.74, 6) is 1.49. The Morgan fingerprint density at radius 2 is 1.83 bits per heavy atom. The average Bonchev–Trinajstić information content (AvgIpc) is 2.58. The number of rotatable bonds is 6. The van der Waals surface area contributed by atoms with E-state index in [2.05, 4.69) is 65.6 Å². The predicted octanol–water partition coefficient (Wildman–Crippen LogP) is 2.85. The summed E-state index contributed by atoms with van der Waals surface area (Å²) in [6.07, 6.45) is 0. The molecule has 0 spiro atoms. The molecule has 0 unspecified atom stereocenters. The monoisotopic (exact) mass is 446 g/mol. The zero-order chi connectivity index (χ0) is 16.5. The lowest BCUT2D eigenvalue weighted by molar-refractivity contribution is 0.122. The second kappa shape index (κ2) is 11.5. The molecule has 2 N–H and O–H groups in total. The summed E-state index contributed by atoms with van der Waals surface area (Å²) in [6, 6.07) is 8.70. The van der Waals surface area contributed by atoms with Gasteiger partial charge in [0.05, 0.1) is 19.8 Å². The van der Waals surface area contributed by atoms with Crippen molar-refractivity contribution in [3.8, 4) is 0 Å². The van der Waals surface area contributed by atoms with E-state index in [1.54, 1.807) is 0 Å². The summed E-state index contributed by atoms with van der Waals surface area (Å²) >= 11 is 0. The smallest absolute Gasteiger partial charge is 0.191 e. The summed E-state index contributed by atoms with van der Waals surface area (Å²) in [5, 5.41) is 6.66. The average molecular weight is 446 g/mol. The lowest BCUT2D eigenvalue weighted by atomic mass is 10.2. The number of nitrogens with one attached hydrogen (secondary N) is 2. The van der Waals surface area contributed by atoms with Gasteiger partial charge in [-0.1, -0.05) is 26.0 Å². The molecule has 1 aliphatic rings. The molecule has 5 nitrogen and oxygen atoms in total. The molecule has 136 valence electrons. The number of hydrogen-bond acceptors (Lipinski definition) is 3. The van der Waals surface area contributed by atoms with E-state index in [1.165, 1.54) is 11.3 Å². The number of halogens is 1. The van der Waals surface area contributed by atoms with Gasteiger partial charge in [0, 0.05) is 31.9 Å². The Morgan fingerprint density at radius 1 is 1.17 bits per heavy atom. The highest BCUT2D eigenvalue weighted by molar-refractivity contribution is 14.0. The van der Waals surface area contributed by atoms with Gasteiger partial charge in [0.15, 0.2) is 5.96 Å². The maximum absolute atomic E-state index is 5.40. The molecule has 0 amide bonds. The molecule has 24 heavy (non-hydrogen) atoms. The van der Waals surface area contributed by atoms with Crippen LogP contribution in [0.5, 0.6) is 0 Å². The molecule has 0 atom stereocenters. The number of anilines is 1. The number of morpholine rings is 1. The first kappa shape index (κ1) is 21.0. The van der Waals surface area contributed by atoms with Crippen LogP contribution in [0, 0.1) is 5.92 Å². The standard InChI is InChI=1S/C18H30N4O.HI/c1-4-19-18(20-13-15(2)3)21-14-16-5-7-17(8-6-16)22-9-11-23-12-10-22;/h5-8,15H,4,9-14H2,1-3H3,(H2,19,20,21);1H. The number of ether oxygens (including phenoxy) is 1. The molecule has 1 heterocycles. The number of guanidine groups is 1. The van der Waals surface area contributed by atoms with E-state index < -0.39 is 0 Å². The molecular formula is C18H31IN4O. The van der Waals surface area contributed by atoms with Gasteiger partial charge >= 0.3 is 0 Å². The molecular weight excluding hydrogens is 415 g/mol. The normalized spacial score (nSPS) is 15.2. The van der Waals surface area contributed by atoms with Gasteiger partial charge in [0.2, 0.25) is 0 Å². The van der Waals surface area contributed by atoms with Crippen molar-refractivity contribution in [3.05, 3.63) is 29.8 Å². The molecule has 1 aliphatic heterocycles. The maximum atomic E-state index is 5.40. The van der Waals surface area contributed by atoms with Crippen molar-refractivity contribution < 1.29 is 4.74 Å². The first-order valence-electron chi connectivity index (χ1n) is 8.63. The van der Waals surface area contributed by atoms with Gasteiger partial charge in [-0.05, 0) is 30.5 Å². The molecule has 1 saturated heterocycles. The number of benzene rings is 1. The first-order valence-corrected chi connectivity index (χ1v) is 8.63. The molecule has 6 heteroatoms. The van der Waals surface area contributed by atoms with Gasteiger partial charge in [-0.15, -0.1) is 24.0 Å². The van der Waals surface area contributed by atoms with E-state index in [0.29, 0.717) is 12.5 Å². The molecule has 0 aliphatic carbocycles. The summed E-state index contributed by atoms with van der Waals surface area (Å²) in [5.41, 5.74) is 2.50. The molecule has 2 rings (SSSR count). The van der Waals surface area contributed by atoms with Crippen LogP contribution in [0.1, 0.15) is 26.3 Å². The van der Waals surface area contributed by atoms with Gasteiger partial charge < -0.3 is 20.3 Å². The quantitative estimate of drug-likeness (QED) is 0.401. The van der Waals surface area contributed by atoms with E-state index in [9.17, 15) is 0 Å².